The molecule has 0 aliphatic carbocycles. The first kappa shape index (κ1) is 10.4. The average Bonchev–Trinajstić information content (AvgIpc) is 2.22. The molecule has 15 heavy (non-hydrogen) atoms. The van der Waals surface area contributed by atoms with Crippen LogP contribution in [0.3, 0.4) is 0 Å². The summed E-state index contributed by atoms with van der Waals surface area (Å²) in [6.45, 7) is 1.39. The molecule has 3 nitrogen and oxygen atoms in total. The number of nitrogens with zero attached hydrogens (tertiary/aromatic N) is 1. The molecule has 1 aromatic heterocycles. The smallest absolute Gasteiger partial charge is 0.308 e. The predicted molar refractivity (Wildman–Crippen MR) is 65.8 cm³/mol. The van der Waals surface area contributed by atoms with E-state index in [0.717, 1.165) is 14.3 Å². The van der Waals surface area contributed by atoms with Crippen LogP contribution in [0.15, 0.2) is 30.6 Å². The van der Waals surface area contributed by atoms with Crippen LogP contribution >= 0.6 is 22.6 Å². The number of aromatic nitrogens is 1. The van der Waals surface area contributed by atoms with Gasteiger partial charge in [-0.25, -0.2) is 0 Å². The Labute approximate surface area is 101 Å². The second-order valence-corrected chi connectivity index (χ2v) is 4.22. The second-order valence-electron chi connectivity index (χ2n) is 3.06. The van der Waals surface area contributed by atoms with Gasteiger partial charge >= 0.3 is 5.97 Å². The van der Waals surface area contributed by atoms with Crippen LogP contribution in [0, 0.1) is 3.57 Å². The largest absolute Gasteiger partial charge is 0.426 e. The lowest BCUT2D eigenvalue weighted by atomic mass is 10.1. The first-order valence-electron chi connectivity index (χ1n) is 4.39. The molecule has 2 rings (SSSR count). The Hall–Kier alpha value is -1.17. The molecule has 0 saturated heterocycles. The van der Waals surface area contributed by atoms with Gasteiger partial charge < -0.3 is 4.74 Å². The molecule has 1 aromatic carbocycles. The van der Waals surface area contributed by atoms with Gasteiger partial charge in [-0.05, 0) is 40.8 Å². The highest BCUT2D eigenvalue weighted by Crippen LogP contribution is 2.28. The van der Waals surface area contributed by atoms with Crippen LogP contribution in [-0.4, -0.2) is 11.0 Å². The van der Waals surface area contributed by atoms with Gasteiger partial charge in [-0.15, -0.1) is 0 Å². The highest BCUT2D eigenvalue weighted by molar-refractivity contribution is 14.1. The van der Waals surface area contributed by atoms with Gasteiger partial charge in [-0.2, -0.15) is 0 Å². The van der Waals surface area contributed by atoms with E-state index in [-0.39, 0.29) is 5.97 Å². The Bertz CT molecular complexity index is 525. The Morgan fingerprint density at radius 3 is 2.87 bits per heavy atom. The Morgan fingerprint density at radius 1 is 1.33 bits per heavy atom. The first-order valence-corrected chi connectivity index (χ1v) is 5.47. The topological polar surface area (TPSA) is 39.2 Å². The fourth-order valence-corrected chi connectivity index (χ4v) is 1.98. The number of hydrogen-bond donors (Lipinski definition) is 0. The zero-order valence-electron chi connectivity index (χ0n) is 8.03. The normalized spacial score (nSPS) is 10.3. The van der Waals surface area contributed by atoms with Crippen molar-refractivity contribution in [2.45, 2.75) is 6.92 Å². The lowest BCUT2D eigenvalue weighted by molar-refractivity contribution is -0.131. The number of carbonyl (C=O) groups is 1. The fourth-order valence-electron chi connectivity index (χ4n) is 1.37. The van der Waals surface area contributed by atoms with Gasteiger partial charge in [0.25, 0.3) is 0 Å². The third-order valence-electron chi connectivity index (χ3n) is 1.98. The molecule has 4 heteroatoms. The van der Waals surface area contributed by atoms with Crippen LogP contribution in [0.1, 0.15) is 6.92 Å². The molecule has 0 unspecified atom stereocenters. The van der Waals surface area contributed by atoms with Crippen molar-refractivity contribution >= 4 is 39.3 Å². The zero-order valence-corrected chi connectivity index (χ0v) is 10.2. The molecule has 0 aliphatic rings. The predicted octanol–water partition coefficient (Wildman–Crippen LogP) is 2.76. The van der Waals surface area contributed by atoms with E-state index in [0.29, 0.717) is 5.75 Å². The van der Waals surface area contributed by atoms with Gasteiger partial charge in [0.15, 0.2) is 0 Å². The lowest BCUT2D eigenvalue weighted by Gasteiger charge is -2.06. The molecule has 1 heterocycles. The molecule has 0 fully saturated rings. The number of halogens is 1. The lowest BCUT2D eigenvalue weighted by Crippen LogP contribution is -2.02. The molecule has 76 valence electrons. The van der Waals surface area contributed by atoms with Crippen molar-refractivity contribution in [1.82, 2.24) is 4.98 Å². The van der Waals surface area contributed by atoms with E-state index in [1.165, 1.54) is 6.92 Å². The summed E-state index contributed by atoms with van der Waals surface area (Å²) in [6.07, 6.45) is 3.45. The Balaban J connectivity index is 2.66. The highest BCUT2D eigenvalue weighted by Gasteiger charge is 2.06. The summed E-state index contributed by atoms with van der Waals surface area (Å²) in [6, 6.07) is 5.55. The van der Waals surface area contributed by atoms with Gasteiger partial charge in [0.1, 0.15) is 5.75 Å². The highest BCUT2D eigenvalue weighted by atomic mass is 127. The van der Waals surface area contributed by atoms with Crippen molar-refractivity contribution in [1.29, 1.82) is 0 Å². The minimum absolute atomic E-state index is 0.311. The molecular weight excluding hydrogens is 305 g/mol. The van der Waals surface area contributed by atoms with Crippen molar-refractivity contribution in [2.75, 3.05) is 0 Å². The van der Waals surface area contributed by atoms with Crippen molar-refractivity contribution in [3.63, 3.8) is 0 Å². The van der Waals surface area contributed by atoms with E-state index >= 15 is 0 Å². The number of benzene rings is 1. The number of hydrogen-bond acceptors (Lipinski definition) is 3. The Morgan fingerprint density at radius 2 is 2.13 bits per heavy atom. The van der Waals surface area contributed by atoms with Crippen LogP contribution in [0.25, 0.3) is 10.8 Å². The maximum absolute atomic E-state index is 10.9. The van der Waals surface area contributed by atoms with Crippen LogP contribution in [-0.2, 0) is 4.79 Å². The van der Waals surface area contributed by atoms with Crippen molar-refractivity contribution < 1.29 is 9.53 Å². The van der Waals surface area contributed by atoms with Crippen LogP contribution < -0.4 is 4.74 Å². The minimum Gasteiger partial charge on any atom is -0.426 e. The first-order chi connectivity index (χ1) is 7.18. The third kappa shape index (κ3) is 2.09. The number of esters is 1. The summed E-state index contributed by atoms with van der Waals surface area (Å²) < 4.78 is 6.20. The standard InChI is InChI=1S/C11H8INO2/c1-7(14)15-11-3-2-10(12)9-6-13-5-4-8(9)11/h2-6H,1H3. The number of rotatable bonds is 1. The van der Waals surface area contributed by atoms with Gasteiger partial charge in [-0.3, -0.25) is 9.78 Å². The molecule has 0 radical (unpaired) electrons. The van der Waals surface area contributed by atoms with Crippen molar-refractivity contribution in [2.24, 2.45) is 0 Å². The van der Waals surface area contributed by atoms with E-state index in [1.54, 1.807) is 18.5 Å². The van der Waals surface area contributed by atoms with E-state index < -0.39 is 0 Å². The van der Waals surface area contributed by atoms with Crippen LogP contribution in [0.4, 0.5) is 0 Å². The molecule has 0 aliphatic heterocycles. The monoisotopic (exact) mass is 313 g/mol. The average molecular weight is 313 g/mol. The van der Waals surface area contributed by atoms with E-state index in [2.05, 4.69) is 27.6 Å². The van der Waals surface area contributed by atoms with E-state index in [4.69, 9.17) is 4.74 Å². The second kappa shape index (κ2) is 4.14. The number of carbonyl (C=O) groups excluding carboxylic acids is 1. The maximum atomic E-state index is 10.9. The van der Waals surface area contributed by atoms with E-state index in [1.807, 2.05) is 12.1 Å². The fraction of sp³-hybridized carbons (Fsp3) is 0.0909. The summed E-state index contributed by atoms with van der Waals surface area (Å²) >= 11 is 2.23. The molecular formula is C11H8INO2. The van der Waals surface area contributed by atoms with Crippen molar-refractivity contribution in [3.05, 3.63) is 34.2 Å². The maximum Gasteiger partial charge on any atom is 0.308 e. The molecule has 2 aromatic rings. The van der Waals surface area contributed by atoms with Crippen LogP contribution in [0.2, 0.25) is 0 Å². The quantitative estimate of drug-likeness (QED) is 0.462. The van der Waals surface area contributed by atoms with Gasteiger partial charge in [-0.1, -0.05) is 0 Å². The number of pyridine rings is 1. The summed E-state index contributed by atoms with van der Waals surface area (Å²) in [7, 11) is 0. The molecule has 0 atom stereocenters. The summed E-state index contributed by atoms with van der Waals surface area (Å²) in [5.41, 5.74) is 0. The van der Waals surface area contributed by atoms with Gasteiger partial charge in [0.05, 0.1) is 0 Å². The van der Waals surface area contributed by atoms with E-state index in [9.17, 15) is 4.79 Å². The summed E-state index contributed by atoms with van der Waals surface area (Å²) in [5.74, 6) is 0.273. The number of ether oxygens (including phenoxy) is 1. The third-order valence-corrected chi connectivity index (χ3v) is 2.92. The summed E-state index contributed by atoms with van der Waals surface area (Å²) in [4.78, 5) is 15.0. The molecule has 0 saturated carbocycles. The Kier molecular flexibility index (Phi) is 2.86. The zero-order chi connectivity index (χ0) is 10.8. The molecule has 0 amide bonds. The number of fused-ring (bicyclic) bond motifs is 1. The summed E-state index contributed by atoms with van der Waals surface area (Å²) in [5, 5.41) is 1.91. The molecule has 0 spiro atoms. The minimum atomic E-state index is -0.311. The molecule has 0 bridgehead atoms. The van der Waals surface area contributed by atoms with Gasteiger partial charge in [0, 0.05) is 33.7 Å². The van der Waals surface area contributed by atoms with Crippen molar-refractivity contribution in [3.8, 4) is 5.75 Å². The van der Waals surface area contributed by atoms with Crippen LogP contribution in [0.5, 0.6) is 5.75 Å². The SMILES string of the molecule is CC(=O)Oc1ccc(I)c2cnccc12. The molecule has 0 N–H and O–H groups in total. The van der Waals surface area contributed by atoms with Gasteiger partial charge in [0.2, 0.25) is 0 Å².